The molecule has 3 N–H and O–H groups in total. The van der Waals surface area contributed by atoms with Crippen LogP contribution in [-0.4, -0.2) is 30.8 Å². The zero-order valence-corrected chi connectivity index (χ0v) is 7.90. The van der Waals surface area contributed by atoms with E-state index in [1.165, 1.54) is 26.4 Å². The van der Waals surface area contributed by atoms with Crippen LogP contribution in [-0.2, 0) is 0 Å². The number of hydrogen-bond acceptors (Lipinski definition) is 3. The normalized spacial score (nSPS) is 8.71. The Morgan fingerprint density at radius 1 is 1.21 bits per heavy atom. The molecular weight excluding hydrogens is 188 g/mol. The van der Waals surface area contributed by atoms with Crippen LogP contribution in [0, 0.1) is 0 Å². The van der Waals surface area contributed by atoms with Crippen molar-refractivity contribution < 1.29 is 24.9 Å². The molecule has 1 aromatic carbocycles. The van der Waals surface area contributed by atoms with Crippen molar-refractivity contribution in [1.29, 1.82) is 0 Å². The quantitative estimate of drug-likeness (QED) is 0.772. The van der Waals surface area contributed by atoms with Gasteiger partial charge in [-0.3, -0.25) is 0 Å². The molecule has 0 spiro atoms. The van der Waals surface area contributed by atoms with E-state index in [0.717, 1.165) is 0 Å². The molecule has 5 heteroatoms. The van der Waals surface area contributed by atoms with E-state index in [-0.39, 0.29) is 11.0 Å². The van der Waals surface area contributed by atoms with Crippen LogP contribution in [0.3, 0.4) is 0 Å². The highest BCUT2D eigenvalue weighted by Gasteiger charge is 2.08. The zero-order chi connectivity index (χ0) is 9.84. The molecule has 0 aromatic heterocycles. The van der Waals surface area contributed by atoms with Gasteiger partial charge in [0.05, 0.1) is 19.8 Å². The van der Waals surface area contributed by atoms with Gasteiger partial charge in [-0.05, 0) is 18.2 Å². The molecule has 0 saturated heterocycles. The highest BCUT2D eigenvalue weighted by molar-refractivity contribution is 5.88. The first-order valence-electron chi connectivity index (χ1n) is 3.64. The summed E-state index contributed by atoms with van der Waals surface area (Å²) in [5.41, 5.74) is 0.178. The van der Waals surface area contributed by atoms with Crippen LogP contribution in [0.25, 0.3) is 0 Å². The molecular formula is C9H12O5. The van der Waals surface area contributed by atoms with Gasteiger partial charge in [-0.25, -0.2) is 4.79 Å². The number of rotatable bonds is 3. The van der Waals surface area contributed by atoms with E-state index in [0.29, 0.717) is 11.5 Å². The molecule has 0 unspecified atom stereocenters. The number of carboxylic acid groups (broad SMARTS) is 1. The number of aromatic carboxylic acids is 1. The molecule has 14 heavy (non-hydrogen) atoms. The fraction of sp³-hybridized carbons (Fsp3) is 0.222. The highest BCUT2D eigenvalue weighted by atomic mass is 16.5. The largest absolute Gasteiger partial charge is 0.493 e. The molecule has 0 aliphatic rings. The summed E-state index contributed by atoms with van der Waals surface area (Å²) in [7, 11) is 2.96. The SMILES string of the molecule is COc1ccc(C(=O)O)cc1OC.O. The summed E-state index contributed by atoms with van der Waals surface area (Å²) in [5.74, 6) is -0.0455. The molecule has 1 rings (SSSR count). The maximum atomic E-state index is 10.6. The Morgan fingerprint density at radius 3 is 2.21 bits per heavy atom. The molecule has 0 heterocycles. The first kappa shape index (κ1) is 12.2. The third-order valence-corrected chi connectivity index (χ3v) is 1.63. The summed E-state index contributed by atoms with van der Waals surface area (Å²) in [5, 5.41) is 8.67. The first-order valence-corrected chi connectivity index (χ1v) is 3.64. The van der Waals surface area contributed by atoms with E-state index in [1.807, 2.05) is 0 Å². The monoisotopic (exact) mass is 200 g/mol. The van der Waals surface area contributed by atoms with Crippen LogP contribution in [0.5, 0.6) is 11.5 Å². The highest BCUT2D eigenvalue weighted by Crippen LogP contribution is 2.27. The van der Waals surface area contributed by atoms with Crippen molar-refractivity contribution in [2.75, 3.05) is 14.2 Å². The molecule has 0 saturated carbocycles. The van der Waals surface area contributed by atoms with Crippen molar-refractivity contribution in [3.63, 3.8) is 0 Å². The first-order chi connectivity index (χ1) is 6.19. The van der Waals surface area contributed by atoms with Crippen LogP contribution < -0.4 is 9.47 Å². The smallest absolute Gasteiger partial charge is 0.335 e. The Balaban J connectivity index is 0.00000169. The molecule has 0 aliphatic carbocycles. The average molecular weight is 200 g/mol. The van der Waals surface area contributed by atoms with Crippen LogP contribution >= 0.6 is 0 Å². The number of carbonyl (C=O) groups is 1. The average Bonchev–Trinajstić information content (AvgIpc) is 2.16. The molecule has 0 radical (unpaired) electrons. The second kappa shape index (κ2) is 5.08. The topological polar surface area (TPSA) is 87.3 Å². The molecule has 0 amide bonds. The zero-order valence-electron chi connectivity index (χ0n) is 7.90. The minimum atomic E-state index is -0.985. The van der Waals surface area contributed by atoms with Gasteiger partial charge in [0.2, 0.25) is 0 Å². The summed E-state index contributed by atoms with van der Waals surface area (Å²) < 4.78 is 9.89. The van der Waals surface area contributed by atoms with Crippen molar-refractivity contribution in [3.05, 3.63) is 23.8 Å². The standard InChI is InChI=1S/C9H10O4.H2O/c1-12-7-4-3-6(9(10)11)5-8(7)13-2;/h3-5H,1-2H3,(H,10,11);1H2. The fourth-order valence-electron chi connectivity index (χ4n) is 0.969. The number of ether oxygens (including phenoxy) is 2. The second-order valence-corrected chi connectivity index (χ2v) is 2.37. The van der Waals surface area contributed by atoms with Crippen molar-refractivity contribution in [2.24, 2.45) is 0 Å². The van der Waals surface area contributed by atoms with Crippen molar-refractivity contribution >= 4 is 5.97 Å². The Labute approximate surface area is 81.2 Å². The number of carboxylic acids is 1. The van der Waals surface area contributed by atoms with E-state index in [1.54, 1.807) is 6.07 Å². The van der Waals surface area contributed by atoms with E-state index < -0.39 is 5.97 Å². The Kier molecular flexibility index (Phi) is 4.45. The van der Waals surface area contributed by atoms with Gasteiger partial charge in [0.25, 0.3) is 0 Å². The summed E-state index contributed by atoms with van der Waals surface area (Å²) in [6.07, 6.45) is 0. The van der Waals surface area contributed by atoms with Crippen molar-refractivity contribution in [2.45, 2.75) is 0 Å². The lowest BCUT2D eigenvalue weighted by Crippen LogP contribution is -1.98. The third-order valence-electron chi connectivity index (χ3n) is 1.63. The van der Waals surface area contributed by atoms with Gasteiger partial charge in [0, 0.05) is 0 Å². The summed E-state index contributed by atoms with van der Waals surface area (Å²) in [6.45, 7) is 0. The molecule has 0 bridgehead atoms. The van der Waals surface area contributed by atoms with Crippen LogP contribution in [0.4, 0.5) is 0 Å². The Hall–Kier alpha value is -1.75. The van der Waals surface area contributed by atoms with Gasteiger partial charge in [-0.15, -0.1) is 0 Å². The predicted octanol–water partition coefficient (Wildman–Crippen LogP) is 0.577. The molecule has 0 atom stereocenters. The lowest BCUT2D eigenvalue weighted by molar-refractivity contribution is 0.0696. The summed E-state index contributed by atoms with van der Waals surface area (Å²) in [4.78, 5) is 10.6. The Bertz CT molecular complexity index is 321. The number of hydrogen-bond donors (Lipinski definition) is 1. The lowest BCUT2D eigenvalue weighted by atomic mass is 10.2. The summed E-state index contributed by atoms with van der Waals surface area (Å²) in [6, 6.07) is 4.44. The van der Waals surface area contributed by atoms with Gasteiger partial charge in [0.15, 0.2) is 11.5 Å². The number of methoxy groups -OCH3 is 2. The number of benzene rings is 1. The van der Waals surface area contributed by atoms with Crippen LogP contribution in [0.15, 0.2) is 18.2 Å². The minimum Gasteiger partial charge on any atom is -0.493 e. The van der Waals surface area contributed by atoms with E-state index >= 15 is 0 Å². The van der Waals surface area contributed by atoms with Gasteiger partial charge in [-0.1, -0.05) is 0 Å². The fourth-order valence-corrected chi connectivity index (χ4v) is 0.969. The predicted molar refractivity (Wildman–Crippen MR) is 50.1 cm³/mol. The lowest BCUT2D eigenvalue weighted by Gasteiger charge is -2.07. The van der Waals surface area contributed by atoms with E-state index in [2.05, 4.69) is 0 Å². The van der Waals surface area contributed by atoms with Gasteiger partial charge in [-0.2, -0.15) is 0 Å². The van der Waals surface area contributed by atoms with Crippen molar-refractivity contribution in [3.8, 4) is 11.5 Å². The van der Waals surface area contributed by atoms with Gasteiger partial charge < -0.3 is 20.1 Å². The van der Waals surface area contributed by atoms with Gasteiger partial charge >= 0.3 is 5.97 Å². The molecule has 5 nitrogen and oxygen atoms in total. The molecule has 78 valence electrons. The van der Waals surface area contributed by atoms with Gasteiger partial charge in [0.1, 0.15) is 0 Å². The van der Waals surface area contributed by atoms with Crippen LogP contribution in [0.2, 0.25) is 0 Å². The van der Waals surface area contributed by atoms with E-state index in [4.69, 9.17) is 14.6 Å². The maximum absolute atomic E-state index is 10.6. The molecule has 0 aliphatic heterocycles. The molecule has 0 fully saturated rings. The summed E-state index contributed by atoms with van der Waals surface area (Å²) >= 11 is 0. The van der Waals surface area contributed by atoms with E-state index in [9.17, 15) is 4.79 Å². The second-order valence-electron chi connectivity index (χ2n) is 2.37. The molecule has 1 aromatic rings. The van der Waals surface area contributed by atoms with Crippen molar-refractivity contribution in [1.82, 2.24) is 0 Å². The van der Waals surface area contributed by atoms with Crippen LogP contribution in [0.1, 0.15) is 10.4 Å². The third kappa shape index (κ3) is 2.37. The minimum absolute atomic E-state index is 0. The maximum Gasteiger partial charge on any atom is 0.335 e. The Morgan fingerprint density at radius 2 is 1.79 bits per heavy atom.